The first-order valence-corrected chi connectivity index (χ1v) is 8.86. The molecule has 0 radical (unpaired) electrons. The molecule has 2 aliphatic carbocycles. The number of hydrogen-bond donors (Lipinski definition) is 1. The summed E-state index contributed by atoms with van der Waals surface area (Å²) in [5, 5.41) is 3.95. The largest absolute Gasteiger partial charge is 0.308 e. The summed E-state index contributed by atoms with van der Waals surface area (Å²) in [6.45, 7) is 3.82. The molecule has 1 aliphatic heterocycles. The summed E-state index contributed by atoms with van der Waals surface area (Å²) in [5.41, 5.74) is 1.95. The van der Waals surface area contributed by atoms with Gasteiger partial charge >= 0.3 is 0 Å². The zero-order valence-corrected chi connectivity index (χ0v) is 13.1. The van der Waals surface area contributed by atoms with Gasteiger partial charge < -0.3 is 5.32 Å². The van der Waals surface area contributed by atoms with Crippen molar-refractivity contribution in [3.63, 3.8) is 0 Å². The first-order valence-electron chi connectivity index (χ1n) is 8.86. The molecule has 2 nitrogen and oxygen atoms in total. The molecule has 1 saturated heterocycles. The number of nitrogens with zero attached hydrogens (tertiary/aromatic N) is 1. The fourth-order valence-corrected chi connectivity index (χ4v) is 4.36. The van der Waals surface area contributed by atoms with E-state index in [-0.39, 0.29) is 0 Å². The summed E-state index contributed by atoms with van der Waals surface area (Å²) < 4.78 is 0. The summed E-state index contributed by atoms with van der Waals surface area (Å²) in [7, 11) is 0. The first-order chi connectivity index (χ1) is 10.3. The van der Waals surface area contributed by atoms with Crippen LogP contribution in [0.3, 0.4) is 0 Å². The molecule has 2 heteroatoms. The molecule has 1 heterocycles. The predicted molar refractivity (Wildman–Crippen MR) is 87.4 cm³/mol. The Balaban J connectivity index is 1.46. The molecule has 1 N–H and O–H groups in total. The van der Waals surface area contributed by atoms with Gasteiger partial charge in [-0.25, -0.2) is 0 Å². The van der Waals surface area contributed by atoms with Crippen LogP contribution >= 0.6 is 0 Å². The van der Waals surface area contributed by atoms with Crippen LogP contribution in [-0.4, -0.2) is 36.1 Å². The van der Waals surface area contributed by atoms with Gasteiger partial charge in [0.15, 0.2) is 0 Å². The van der Waals surface area contributed by atoms with Crippen molar-refractivity contribution in [2.45, 2.75) is 56.5 Å². The van der Waals surface area contributed by atoms with E-state index in [9.17, 15) is 0 Å². The van der Waals surface area contributed by atoms with Crippen LogP contribution in [0.5, 0.6) is 0 Å². The summed E-state index contributed by atoms with van der Waals surface area (Å²) in [6.07, 6.45) is 9.78. The number of benzene rings is 1. The molecular formula is C19H28N2. The van der Waals surface area contributed by atoms with Crippen molar-refractivity contribution in [3.05, 3.63) is 35.9 Å². The summed E-state index contributed by atoms with van der Waals surface area (Å²) >= 11 is 0. The lowest BCUT2D eigenvalue weighted by Crippen LogP contribution is -2.63. The Morgan fingerprint density at radius 2 is 1.86 bits per heavy atom. The third-order valence-electron chi connectivity index (χ3n) is 5.80. The van der Waals surface area contributed by atoms with Gasteiger partial charge in [0.1, 0.15) is 0 Å². The highest BCUT2D eigenvalue weighted by Gasteiger charge is 2.42. The average molecular weight is 284 g/mol. The van der Waals surface area contributed by atoms with Gasteiger partial charge in [-0.3, -0.25) is 4.90 Å². The van der Waals surface area contributed by atoms with Crippen LogP contribution in [0.15, 0.2) is 30.3 Å². The Hall–Kier alpha value is -0.860. The van der Waals surface area contributed by atoms with E-state index in [0.29, 0.717) is 11.6 Å². The molecule has 1 atom stereocenters. The van der Waals surface area contributed by atoms with Crippen molar-refractivity contribution in [1.82, 2.24) is 10.2 Å². The molecule has 0 aromatic heterocycles. The Morgan fingerprint density at radius 1 is 1.10 bits per heavy atom. The van der Waals surface area contributed by atoms with E-state index < -0.39 is 0 Å². The second-order valence-electron chi connectivity index (χ2n) is 7.58. The van der Waals surface area contributed by atoms with Crippen molar-refractivity contribution >= 4 is 0 Å². The minimum atomic E-state index is 0.460. The monoisotopic (exact) mass is 284 g/mol. The Bertz CT molecular complexity index is 460. The lowest BCUT2D eigenvalue weighted by atomic mass is 9.90. The minimum Gasteiger partial charge on any atom is -0.308 e. The van der Waals surface area contributed by atoms with E-state index in [2.05, 4.69) is 40.5 Å². The number of hydrogen-bond acceptors (Lipinski definition) is 2. The third-order valence-corrected chi connectivity index (χ3v) is 5.80. The van der Waals surface area contributed by atoms with Crippen LogP contribution in [0.1, 0.15) is 44.1 Å². The van der Waals surface area contributed by atoms with Gasteiger partial charge in [0.2, 0.25) is 0 Å². The van der Waals surface area contributed by atoms with Gasteiger partial charge in [0.05, 0.1) is 0 Å². The molecule has 3 aliphatic rings. The lowest BCUT2D eigenvalue weighted by Gasteiger charge is -2.46. The molecular weight excluding hydrogens is 256 g/mol. The van der Waals surface area contributed by atoms with Gasteiger partial charge in [0, 0.05) is 31.2 Å². The maximum atomic E-state index is 3.95. The van der Waals surface area contributed by atoms with Crippen LogP contribution in [0.25, 0.3) is 0 Å². The summed E-state index contributed by atoms with van der Waals surface area (Å²) in [5.74, 6) is 1.000. The van der Waals surface area contributed by atoms with Crippen molar-refractivity contribution in [2.75, 3.05) is 19.6 Å². The van der Waals surface area contributed by atoms with Gasteiger partial charge in [-0.1, -0.05) is 43.2 Å². The van der Waals surface area contributed by atoms with E-state index in [0.717, 1.165) is 5.92 Å². The summed E-state index contributed by atoms with van der Waals surface area (Å²) in [4.78, 5) is 2.84. The highest BCUT2D eigenvalue weighted by atomic mass is 15.3. The summed E-state index contributed by atoms with van der Waals surface area (Å²) in [6, 6.07) is 11.7. The van der Waals surface area contributed by atoms with Gasteiger partial charge in [-0.15, -0.1) is 0 Å². The number of piperazine rings is 1. The van der Waals surface area contributed by atoms with Crippen LogP contribution in [-0.2, 0) is 6.42 Å². The highest BCUT2D eigenvalue weighted by molar-refractivity contribution is 5.17. The molecule has 4 rings (SSSR count). The van der Waals surface area contributed by atoms with E-state index in [1.54, 1.807) is 0 Å². The number of nitrogens with one attached hydrogen (secondary N) is 1. The smallest absolute Gasteiger partial charge is 0.0309 e. The Morgan fingerprint density at radius 3 is 2.57 bits per heavy atom. The molecule has 3 fully saturated rings. The normalized spacial score (nSPS) is 29.0. The first kappa shape index (κ1) is 13.8. The van der Waals surface area contributed by atoms with Crippen LogP contribution < -0.4 is 5.32 Å². The zero-order valence-electron chi connectivity index (χ0n) is 13.1. The Labute approximate surface area is 128 Å². The molecule has 1 spiro atoms. The van der Waals surface area contributed by atoms with E-state index in [1.165, 1.54) is 70.1 Å². The molecule has 2 saturated carbocycles. The second-order valence-corrected chi connectivity index (χ2v) is 7.58. The lowest BCUT2D eigenvalue weighted by molar-refractivity contribution is 0.0762. The van der Waals surface area contributed by atoms with Crippen LogP contribution in [0.4, 0.5) is 0 Å². The maximum Gasteiger partial charge on any atom is 0.0309 e. The van der Waals surface area contributed by atoms with E-state index in [1.807, 2.05) is 0 Å². The van der Waals surface area contributed by atoms with Gasteiger partial charge in [-0.05, 0) is 43.6 Å². The third kappa shape index (κ3) is 3.17. The Kier molecular flexibility index (Phi) is 3.76. The molecule has 1 aromatic rings. The standard InChI is InChI=1S/C19H28N2/c1-2-6-16(7-3-1)12-18-13-20-19(10-4-5-11-19)15-21(18)14-17-8-9-17/h1-3,6-7,17-18,20H,4-5,8-15H2. The quantitative estimate of drug-likeness (QED) is 0.913. The fraction of sp³-hybridized carbons (Fsp3) is 0.684. The second kappa shape index (κ2) is 5.73. The maximum absolute atomic E-state index is 3.95. The van der Waals surface area contributed by atoms with Crippen molar-refractivity contribution in [2.24, 2.45) is 5.92 Å². The highest BCUT2D eigenvalue weighted by Crippen LogP contribution is 2.36. The SMILES string of the molecule is c1ccc(CC2CNC3(CCCC3)CN2CC2CC2)cc1. The van der Waals surface area contributed by atoms with E-state index in [4.69, 9.17) is 0 Å². The molecule has 1 unspecified atom stereocenters. The van der Waals surface area contributed by atoms with Crippen molar-refractivity contribution in [1.29, 1.82) is 0 Å². The molecule has 114 valence electrons. The zero-order chi connectivity index (χ0) is 14.1. The van der Waals surface area contributed by atoms with Gasteiger partial charge in [-0.2, -0.15) is 0 Å². The topological polar surface area (TPSA) is 15.3 Å². The van der Waals surface area contributed by atoms with Crippen molar-refractivity contribution < 1.29 is 0 Å². The van der Waals surface area contributed by atoms with Gasteiger partial charge in [0.25, 0.3) is 0 Å². The average Bonchev–Trinajstić information content (AvgIpc) is 3.21. The van der Waals surface area contributed by atoms with E-state index >= 15 is 0 Å². The predicted octanol–water partition coefficient (Wildman–Crippen LogP) is 3.23. The van der Waals surface area contributed by atoms with Crippen LogP contribution in [0, 0.1) is 5.92 Å². The number of rotatable bonds is 4. The molecule has 1 aromatic carbocycles. The van der Waals surface area contributed by atoms with Crippen LogP contribution in [0.2, 0.25) is 0 Å². The fourth-order valence-electron chi connectivity index (χ4n) is 4.36. The minimum absolute atomic E-state index is 0.460. The molecule has 0 amide bonds. The van der Waals surface area contributed by atoms with Crippen molar-refractivity contribution in [3.8, 4) is 0 Å². The molecule has 0 bridgehead atoms. The molecule has 21 heavy (non-hydrogen) atoms.